The molecule has 0 rings (SSSR count). The molecule has 0 amide bonds. The molecule has 0 fully saturated rings. The second-order valence-corrected chi connectivity index (χ2v) is 3.25. The molecular weight excluding hydrogens is 167 g/mol. The van der Waals surface area contributed by atoms with Gasteiger partial charge in [0.2, 0.25) is 0 Å². The lowest BCUT2D eigenvalue weighted by molar-refractivity contribution is -0.138. The van der Waals surface area contributed by atoms with E-state index in [0.29, 0.717) is 18.3 Å². The summed E-state index contributed by atoms with van der Waals surface area (Å²) >= 11 is 4.63. The van der Waals surface area contributed by atoms with Gasteiger partial charge in [0.15, 0.2) is 0 Å². The number of hydrogen-bond donors (Lipinski definition) is 0. The minimum atomic E-state index is -0.335. The Bertz CT molecular complexity index is 156. The minimum Gasteiger partial charge on any atom is -0.462 e. The SMILES string of the molecule is C=C(C)C(=O)OCCP=S. The lowest BCUT2D eigenvalue weighted by Gasteiger charge is -1.99. The molecule has 0 bridgehead atoms. The first-order valence-electron chi connectivity index (χ1n) is 2.80. The van der Waals surface area contributed by atoms with Gasteiger partial charge in [0.1, 0.15) is 0 Å². The van der Waals surface area contributed by atoms with Crippen LogP contribution in [0, 0.1) is 0 Å². The van der Waals surface area contributed by atoms with E-state index in [4.69, 9.17) is 4.74 Å². The van der Waals surface area contributed by atoms with Gasteiger partial charge in [0, 0.05) is 11.7 Å². The molecule has 0 aliphatic heterocycles. The van der Waals surface area contributed by atoms with Crippen molar-refractivity contribution >= 4 is 25.1 Å². The quantitative estimate of drug-likeness (QED) is 0.281. The highest BCUT2D eigenvalue weighted by molar-refractivity contribution is 7.96. The predicted octanol–water partition coefficient (Wildman–Crippen LogP) is 1.51. The summed E-state index contributed by atoms with van der Waals surface area (Å²) in [5.41, 5.74) is 0.432. The molecule has 0 radical (unpaired) electrons. The van der Waals surface area contributed by atoms with Gasteiger partial charge in [-0.2, -0.15) is 0 Å². The van der Waals surface area contributed by atoms with Crippen LogP contribution in [-0.2, 0) is 21.3 Å². The van der Waals surface area contributed by atoms with E-state index >= 15 is 0 Å². The molecule has 10 heavy (non-hydrogen) atoms. The molecule has 0 saturated heterocycles. The van der Waals surface area contributed by atoms with E-state index in [1.54, 1.807) is 6.92 Å². The van der Waals surface area contributed by atoms with E-state index in [1.807, 2.05) is 0 Å². The maximum atomic E-state index is 10.7. The van der Waals surface area contributed by atoms with E-state index in [-0.39, 0.29) is 5.97 Å². The summed E-state index contributed by atoms with van der Waals surface area (Å²) in [6.07, 6.45) is 0.717. The van der Waals surface area contributed by atoms with Crippen LogP contribution in [0.5, 0.6) is 0 Å². The predicted molar refractivity (Wildman–Crippen MR) is 44.9 cm³/mol. The maximum Gasteiger partial charge on any atom is 0.333 e. The highest BCUT2D eigenvalue weighted by Gasteiger charge is 2.00. The third-order valence-corrected chi connectivity index (χ3v) is 1.68. The van der Waals surface area contributed by atoms with Crippen molar-refractivity contribution in [3.63, 3.8) is 0 Å². The Balaban J connectivity index is 3.40. The first kappa shape index (κ1) is 9.73. The molecule has 56 valence electrons. The number of rotatable bonds is 4. The molecule has 2 nitrogen and oxygen atoms in total. The summed E-state index contributed by atoms with van der Waals surface area (Å²) in [6.45, 7) is 5.45. The molecule has 0 aliphatic rings. The maximum absolute atomic E-state index is 10.7. The van der Waals surface area contributed by atoms with Gasteiger partial charge in [-0.15, -0.1) is 0 Å². The molecule has 0 N–H and O–H groups in total. The molecular formula is C6H9O2PS. The zero-order chi connectivity index (χ0) is 7.98. The number of ether oxygens (including phenoxy) is 1. The molecule has 0 aromatic carbocycles. The fourth-order valence-corrected chi connectivity index (χ4v) is 0.688. The van der Waals surface area contributed by atoms with Crippen LogP contribution < -0.4 is 0 Å². The minimum absolute atomic E-state index is 0.335. The first-order chi connectivity index (χ1) is 4.68. The van der Waals surface area contributed by atoms with Gasteiger partial charge < -0.3 is 4.74 Å². The van der Waals surface area contributed by atoms with Gasteiger partial charge in [0.25, 0.3) is 0 Å². The molecule has 0 unspecified atom stereocenters. The van der Waals surface area contributed by atoms with Crippen molar-refractivity contribution in [3.05, 3.63) is 12.2 Å². The van der Waals surface area contributed by atoms with Crippen LogP contribution in [0.15, 0.2) is 12.2 Å². The molecule has 0 heterocycles. The number of esters is 1. The lowest BCUT2D eigenvalue weighted by atomic mass is 10.4. The van der Waals surface area contributed by atoms with Crippen molar-refractivity contribution in [2.75, 3.05) is 12.8 Å². The average molecular weight is 176 g/mol. The van der Waals surface area contributed by atoms with Crippen LogP contribution in [0.25, 0.3) is 0 Å². The van der Waals surface area contributed by atoms with Gasteiger partial charge in [-0.1, -0.05) is 18.4 Å². The average Bonchev–Trinajstić information content (AvgIpc) is 1.88. The van der Waals surface area contributed by atoms with Crippen LogP contribution >= 0.6 is 7.36 Å². The summed E-state index contributed by atoms with van der Waals surface area (Å²) in [5, 5.41) is 0. The van der Waals surface area contributed by atoms with Crippen LogP contribution in [0.2, 0.25) is 0 Å². The second-order valence-electron chi connectivity index (χ2n) is 1.77. The van der Waals surface area contributed by atoms with Gasteiger partial charge in [-0.05, 0) is 14.3 Å². The molecule has 0 aromatic heterocycles. The largest absolute Gasteiger partial charge is 0.462 e. The van der Waals surface area contributed by atoms with Crippen molar-refractivity contribution < 1.29 is 9.53 Å². The Kier molecular flexibility index (Phi) is 5.36. The molecule has 0 spiro atoms. The summed E-state index contributed by atoms with van der Waals surface area (Å²) in [4.78, 5) is 10.7. The Hall–Kier alpha value is -0.270. The van der Waals surface area contributed by atoms with Crippen LogP contribution in [-0.4, -0.2) is 18.7 Å². The van der Waals surface area contributed by atoms with Gasteiger partial charge in [-0.25, -0.2) is 4.79 Å². The normalized spacial score (nSPS) is 9.30. The Morgan fingerprint density at radius 3 is 2.80 bits per heavy atom. The topological polar surface area (TPSA) is 26.3 Å². The Morgan fingerprint density at radius 1 is 1.80 bits per heavy atom. The fourth-order valence-electron chi connectivity index (χ4n) is 0.299. The smallest absolute Gasteiger partial charge is 0.333 e. The summed E-state index contributed by atoms with van der Waals surface area (Å²) < 4.78 is 4.73. The molecule has 0 aliphatic carbocycles. The standard InChI is InChI=1S/C6H9O2PS/c1-5(2)6(7)8-3-4-9-10/h1,3-4H2,2H3. The third-order valence-electron chi connectivity index (χ3n) is 0.764. The van der Waals surface area contributed by atoms with Crippen molar-refractivity contribution in [3.8, 4) is 0 Å². The van der Waals surface area contributed by atoms with Crippen LogP contribution in [0.4, 0.5) is 0 Å². The molecule has 0 atom stereocenters. The lowest BCUT2D eigenvalue weighted by Crippen LogP contribution is -2.06. The molecule has 0 aromatic rings. The van der Waals surface area contributed by atoms with E-state index in [9.17, 15) is 4.79 Å². The highest BCUT2D eigenvalue weighted by Crippen LogP contribution is 1.95. The third kappa shape index (κ3) is 4.59. The molecule has 0 saturated carbocycles. The van der Waals surface area contributed by atoms with E-state index in [0.717, 1.165) is 7.36 Å². The van der Waals surface area contributed by atoms with Gasteiger partial charge in [0.05, 0.1) is 6.61 Å². The van der Waals surface area contributed by atoms with Crippen molar-refractivity contribution in [1.29, 1.82) is 0 Å². The van der Waals surface area contributed by atoms with Crippen molar-refractivity contribution in [2.24, 2.45) is 0 Å². The zero-order valence-electron chi connectivity index (χ0n) is 5.79. The first-order valence-corrected chi connectivity index (χ1v) is 4.89. The Morgan fingerprint density at radius 2 is 2.40 bits per heavy atom. The molecule has 4 heteroatoms. The van der Waals surface area contributed by atoms with Crippen molar-refractivity contribution in [1.82, 2.24) is 0 Å². The van der Waals surface area contributed by atoms with Crippen molar-refractivity contribution in [2.45, 2.75) is 6.92 Å². The number of hydrogen-bond acceptors (Lipinski definition) is 3. The fraction of sp³-hybridized carbons (Fsp3) is 0.500. The summed E-state index contributed by atoms with van der Waals surface area (Å²) in [6, 6.07) is 0. The van der Waals surface area contributed by atoms with E-state index < -0.39 is 0 Å². The second kappa shape index (κ2) is 5.51. The summed E-state index contributed by atoms with van der Waals surface area (Å²) in [5.74, 6) is -0.335. The summed E-state index contributed by atoms with van der Waals surface area (Å²) in [7, 11) is 0.830. The van der Waals surface area contributed by atoms with E-state index in [2.05, 4.69) is 18.4 Å². The van der Waals surface area contributed by atoms with Crippen LogP contribution in [0.3, 0.4) is 0 Å². The monoisotopic (exact) mass is 176 g/mol. The van der Waals surface area contributed by atoms with Gasteiger partial charge >= 0.3 is 5.97 Å². The highest BCUT2D eigenvalue weighted by atomic mass is 32.4. The van der Waals surface area contributed by atoms with Gasteiger partial charge in [-0.3, -0.25) is 0 Å². The van der Waals surface area contributed by atoms with Crippen LogP contribution in [0.1, 0.15) is 6.92 Å². The number of carbonyl (C=O) groups is 1. The Labute approximate surface area is 67.1 Å². The van der Waals surface area contributed by atoms with E-state index in [1.165, 1.54) is 0 Å². The number of carbonyl (C=O) groups excluding carboxylic acids is 1. The zero-order valence-corrected chi connectivity index (χ0v) is 7.50.